The second-order valence-electron chi connectivity index (χ2n) is 16.6. The van der Waals surface area contributed by atoms with Crippen molar-refractivity contribution in [3.8, 4) is 6.07 Å². The van der Waals surface area contributed by atoms with Gasteiger partial charge in [-0.2, -0.15) is 15.3 Å². The summed E-state index contributed by atoms with van der Waals surface area (Å²) in [6, 6.07) is 15.8. The summed E-state index contributed by atoms with van der Waals surface area (Å²) in [4.78, 5) is 51.1. The molecule has 61 heavy (non-hydrogen) atoms. The molecule has 0 aliphatic carbocycles. The summed E-state index contributed by atoms with van der Waals surface area (Å²) >= 11 is 0. The molecule has 3 aliphatic rings. The van der Waals surface area contributed by atoms with E-state index in [4.69, 9.17) is 4.74 Å². The standard InChI is InChI=1S/C44H53N11O5S/c1-28(27-53-15-9-29(10-16-53)30-6-8-37-38(24-30)52(3)50-41(37)55-19-13-39(56)48-44(55)58)21-33-23-36(7-5-32(33)25-45)61(59)54-17-11-35(12-18-54)47-43-46-26-34-22-31(14-20-60-4)42(57)51(2)40(34)49-43/h5-8,22-24,26,28-29,35H,9-21,27H2,1-4H3,(H,46,47,49)(H,48,56,58). The van der Waals surface area contributed by atoms with Gasteiger partial charge in [-0.15, -0.1) is 0 Å². The van der Waals surface area contributed by atoms with E-state index in [0.717, 1.165) is 67.2 Å². The number of pyridine rings is 1. The first-order valence-corrected chi connectivity index (χ1v) is 22.2. The molecule has 3 aromatic heterocycles. The summed E-state index contributed by atoms with van der Waals surface area (Å²) in [5, 5.41) is 22.1. The van der Waals surface area contributed by atoms with Gasteiger partial charge in [-0.25, -0.2) is 18.3 Å². The lowest BCUT2D eigenvalue weighted by molar-refractivity contribution is -0.120. The lowest BCUT2D eigenvalue weighted by Gasteiger charge is -2.34. The molecule has 6 heterocycles. The second-order valence-corrected chi connectivity index (χ2v) is 18.1. The number of imide groups is 1. The van der Waals surface area contributed by atoms with E-state index in [1.54, 1.807) is 29.8 Å². The Kier molecular flexibility index (Phi) is 12.6. The van der Waals surface area contributed by atoms with Gasteiger partial charge in [0.15, 0.2) is 5.82 Å². The van der Waals surface area contributed by atoms with E-state index in [-0.39, 0.29) is 29.8 Å². The maximum Gasteiger partial charge on any atom is 0.329 e. The van der Waals surface area contributed by atoms with E-state index in [0.29, 0.717) is 78.4 Å². The van der Waals surface area contributed by atoms with Crippen LogP contribution < -0.4 is 21.1 Å². The van der Waals surface area contributed by atoms with E-state index in [1.165, 1.54) is 5.56 Å². The zero-order chi connectivity index (χ0) is 42.8. The van der Waals surface area contributed by atoms with Crippen LogP contribution in [0.3, 0.4) is 0 Å². The molecule has 8 rings (SSSR count). The molecular formula is C44H53N11O5S. The summed E-state index contributed by atoms with van der Waals surface area (Å²) < 4.78 is 24.4. The van der Waals surface area contributed by atoms with Crippen LogP contribution in [0.15, 0.2) is 58.4 Å². The number of fused-ring (bicyclic) bond motifs is 2. The van der Waals surface area contributed by atoms with Crippen molar-refractivity contribution in [3.05, 3.63) is 81.3 Å². The van der Waals surface area contributed by atoms with Crippen LogP contribution >= 0.6 is 0 Å². The van der Waals surface area contributed by atoms with Gasteiger partial charge in [0, 0.05) is 88.8 Å². The van der Waals surface area contributed by atoms with Gasteiger partial charge in [-0.3, -0.25) is 29.1 Å². The number of benzene rings is 2. The molecule has 3 aliphatic heterocycles. The Hall–Kier alpha value is -5.54. The highest BCUT2D eigenvalue weighted by atomic mass is 32.2. The maximum absolute atomic E-state index is 13.9. The van der Waals surface area contributed by atoms with Crippen molar-refractivity contribution >= 4 is 56.6 Å². The van der Waals surface area contributed by atoms with Crippen molar-refractivity contribution in [1.82, 2.24) is 38.8 Å². The molecular weight excluding hydrogens is 795 g/mol. The van der Waals surface area contributed by atoms with E-state index < -0.39 is 17.0 Å². The Bertz CT molecular complexity index is 2590. The van der Waals surface area contributed by atoms with Crippen molar-refractivity contribution in [3.63, 3.8) is 0 Å². The third kappa shape index (κ3) is 9.08. The van der Waals surface area contributed by atoms with Crippen molar-refractivity contribution < 1.29 is 18.5 Å². The van der Waals surface area contributed by atoms with Crippen molar-refractivity contribution in [2.45, 2.75) is 68.7 Å². The average Bonchev–Trinajstić information content (AvgIpc) is 3.59. The third-order valence-corrected chi connectivity index (χ3v) is 13.9. The zero-order valence-electron chi connectivity index (χ0n) is 35.2. The number of nitrogens with one attached hydrogen (secondary N) is 2. The molecule has 2 aromatic carbocycles. The third-order valence-electron chi connectivity index (χ3n) is 12.4. The number of amides is 3. The Morgan fingerprint density at radius 2 is 1.79 bits per heavy atom. The number of likely N-dealkylation sites (tertiary alicyclic amines) is 1. The number of aromatic nitrogens is 5. The monoisotopic (exact) mass is 847 g/mol. The fourth-order valence-corrected chi connectivity index (χ4v) is 10.3. The van der Waals surface area contributed by atoms with Crippen LogP contribution in [0.25, 0.3) is 21.9 Å². The highest BCUT2D eigenvalue weighted by molar-refractivity contribution is 7.82. The Balaban J connectivity index is 0.835. The normalized spacial score (nSPS) is 18.4. The molecule has 0 bridgehead atoms. The maximum atomic E-state index is 13.9. The Morgan fingerprint density at radius 3 is 2.52 bits per heavy atom. The van der Waals surface area contributed by atoms with Crippen molar-refractivity contribution in [2.75, 3.05) is 63.2 Å². The molecule has 0 saturated carbocycles. The summed E-state index contributed by atoms with van der Waals surface area (Å²) in [5.41, 5.74) is 4.91. The minimum Gasteiger partial charge on any atom is -0.384 e. The minimum absolute atomic E-state index is 0.0919. The van der Waals surface area contributed by atoms with Gasteiger partial charge >= 0.3 is 6.03 Å². The van der Waals surface area contributed by atoms with Gasteiger partial charge in [-0.05, 0) is 105 Å². The SMILES string of the molecule is COCCc1cc2cnc(NC3CCN(S(=O)c4ccc(C#N)c(CC(C)CN5CCC(c6ccc7c(N8CCC(=O)NC8=O)nn(C)c7c6)CC5)c4)CC3)nc2n(C)c1=O. The lowest BCUT2D eigenvalue weighted by Crippen LogP contribution is -2.49. The summed E-state index contributed by atoms with van der Waals surface area (Å²) in [7, 11) is 3.86. The first-order valence-electron chi connectivity index (χ1n) is 21.1. The largest absolute Gasteiger partial charge is 0.384 e. The second kappa shape index (κ2) is 18.2. The first-order chi connectivity index (χ1) is 29.5. The minimum atomic E-state index is -1.37. The smallest absolute Gasteiger partial charge is 0.329 e. The predicted octanol–water partition coefficient (Wildman–Crippen LogP) is 4.38. The van der Waals surface area contributed by atoms with Gasteiger partial charge in [0.2, 0.25) is 11.9 Å². The molecule has 17 heteroatoms. The summed E-state index contributed by atoms with van der Waals surface area (Å²) in [5.74, 6) is 1.47. The molecule has 3 fully saturated rings. The van der Waals surface area contributed by atoms with Crippen LogP contribution in [0, 0.1) is 17.2 Å². The number of carbonyl (C=O) groups excluding carboxylic acids is 2. The number of nitriles is 1. The molecule has 0 radical (unpaired) electrons. The van der Waals surface area contributed by atoms with Crippen LogP contribution in [0.5, 0.6) is 0 Å². The number of piperidine rings is 2. The number of hydrogen-bond donors (Lipinski definition) is 2. The summed E-state index contributed by atoms with van der Waals surface area (Å²) in [6.45, 7) is 7.08. The lowest BCUT2D eigenvalue weighted by atomic mass is 9.88. The van der Waals surface area contributed by atoms with Crippen LogP contribution in [0.2, 0.25) is 0 Å². The molecule has 3 saturated heterocycles. The summed E-state index contributed by atoms with van der Waals surface area (Å²) in [6.07, 6.45) is 6.78. The molecule has 2 N–H and O–H groups in total. The highest BCUT2D eigenvalue weighted by Crippen LogP contribution is 2.34. The topological polar surface area (TPSA) is 184 Å². The molecule has 5 aromatic rings. The van der Waals surface area contributed by atoms with Crippen LogP contribution in [-0.4, -0.2) is 109 Å². The number of rotatable bonds is 13. The number of anilines is 2. The van der Waals surface area contributed by atoms with Crippen molar-refractivity contribution in [2.24, 2.45) is 20.0 Å². The zero-order valence-corrected chi connectivity index (χ0v) is 36.0. The van der Waals surface area contributed by atoms with Gasteiger partial charge in [0.25, 0.3) is 5.56 Å². The number of carbonyl (C=O) groups is 2. The Morgan fingerprint density at radius 1 is 1.00 bits per heavy atom. The number of urea groups is 1. The van der Waals surface area contributed by atoms with Crippen molar-refractivity contribution in [1.29, 1.82) is 5.26 Å². The first kappa shape index (κ1) is 42.2. The predicted molar refractivity (Wildman–Crippen MR) is 234 cm³/mol. The molecule has 2 unspecified atom stereocenters. The van der Waals surface area contributed by atoms with Crippen LogP contribution in [0.4, 0.5) is 16.6 Å². The number of ether oxygens (including phenoxy) is 1. The average molecular weight is 848 g/mol. The molecule has 0 spiro atoms. The van der Waals surface area contributed by atoms with E-state index in [9.17, 15) is 23.9 Å². The molecule has 3 amide bonds. The fourth-order valence-electron chi connectivity index (χ4n) is 9.03. The molecule has 16 nitrogen and oxygen atoms in total. The van der Waals surface area contributed by atoms with E-state index in [1.807, 2.05) is 46.4 Å². The molecule has 320 valence electrons. The molecule has 2 atom stereocenters. The van der Waals surface area contributed by atoms with E-state index >= 15 is 0 Å². The number of nitrogens with zero attached hydrogens (tertiary/aromatic N) is 9. The van der Waals surface area contributed by atoms with Gasteiger partial charge < -0.3 is 15.0 Å². The quantitative estimate of drug-likeness (QED) is 0.172. The number of methoxy groups -OCH3 is 1. The highest BCUT2D eigenvalue weighted by Gasteiger charge is 2.30. The fraction of sp³-hybridized carbons (Fsp3) is 0.477. The number of aryl methyl sites for hydroxylation is 2. The van der Waals surface area contributed by atoms with Crippen LogP contribution in [0.1, 0.15) is 67.2 Å². The van der Waals surface area contributed by atoms with E-state index in [2.05, 4.69) is 55.7 Å². The number of hydrogen-bond acceptors (Lipinski definition) is 11. The van der Waals surface area contributed by atoms with Gasteiger partial charge in [0.1, 0.15) is 16.6 Å². The van der Waals surface area contributed by atoms with Gasteiger partial charge in [0.05, 0.1) is 28.7 Å². The van der Waals surface area contributed by atoms with Crippen LogP contribution in [-0.2, 0) is 47.5 Å². The van der Waals surface area contributed by atoms with Gasteiger partial charge in [-0.1, -0.05) is 13.0 Å². The Labute approximate surface area is 357 Å².